The zero-order valence-corrected chi connectivity index (χ0v) is 20.0. The number of piperazine rings is 1. The summed E-state index contributed by atoms with van der Waals surface area (Å²) >= 11 is 0. The predicted octanol–water partition coefficient (Wildman–Crippen LogP) is 3.10. The highest BCUT2D eigenvalue weighted by atomic mass is 32.2. The van der Waals surface area contributed by atoms with Gasteiger partial charge in [0.25, 0.3) is 0 Å². The molecule has 0 N–H and O–H groups in total. The molecule has 2 aliphatic heterocycles. The van der Waals surface area contributed by atoms with Gasteiger partial charge >= 0.3 is 0 Å². The van der Waals surface area contributed by atoms with E-state index in [0.717, 1.165) is 22.3 Å². The number of hydrogen-bond donors (Lipinski definition) is 0. The Labute approximate surface area is 195 Å². The average Bonchev–Trinajstić information content (AvgIpc) is 2.80. The zero-order valence-electron chi connectivity index (χ0n) is 19.2. The molecule has 2 aromatic carbocycles. The lowest BCUT2D eigenvalue weighted by Crippen LogP contribution is -2.51. The van der Waals surface area contributed by atoms with Gasteiger partial charge in [-0.25, -0.2) is 8.42 Å². The summed E-state index contributed by atoms with van der Waals surface area (Å²) in [6.07, 6.45) is 3.77. The van der Waals surface area contributed by atoms with Crippen LogP contribution in [0.25, 0.3) is 6.08 Å². The van der Waals surface area contributed by atoms with Crippen molar-refractivity contribution in [3.05, 3.63) is 70.9 Å². The molecule has 1 saturated heterocycles. The monoisotopic (exact) mass is 467 g/mol. The van der Waals surface area contributed by atoms with Crippen LogP contribution in [0.4, 0.5) is 0 Å². The van der Waals surface area contributed by atoms with Gasteiger partial charge in [0.1, 0.15) is 0 Å². The summed E-state index contributed by atoms with van der Waals surface area (Å²) < 4.78 is 27.6. The molecule has 2 heterocycles. The highest BCUT2D eigenvalue weighted by molar-refractivity contribution is 7.89. The van der Waals surface area contributed by atoms with Gasteiger partial charge in [-0.15, -0.1) is 0 Å². The number of aryl methyl sites for hydroxylation is 2. The summed E-state index contributed by atoms with van der Waals surface area (Å²) in [5.74, 6) is -0.206. The van der Waals surface area contributed by atoms with Crippen LogP contribution in [0.15, 0.2) is 53.6 Å². The van der Waals surface area contributed by atoms with E-state index in [-0.39, 0.29) is 42.3 Å². The summed E-state index contributed by atoms with van der Waals surface area (Å²) in [5.41, 5.74) is 3.92. The molecule has 0 aromatic heterocycles. The normalized spacial score (nSPS) is 18.8. The number of carbonyl (C=O) groups is 2. The van der Waals surface area contributed by atoms with Crippen molar-refractivity contribution in [1.82, 2.24) is 14.1 Å². The van der Waals surface area contributed by atoms with Gasteiger partial charge in [-0.1, -0.05) is 30.3 Å². The smallest absolute Gasteiger partial charge is 0.243 e. The van der Waals surface area contributed by atoms with Gasteiger partial charge in [0, 0.05) is 39.3 Å². The number of nitrogens with zero attached hydrogens (tertiary/aromatic N) is 3. The van der Waals surface area contributed by atoms with E-state index in [1.807, 2.05) is 50.3 Å². The minimum atomic E-state index is -3.60. The quantitative estimate of drug-likeness (QED) is 0.692. The number of carbonyl (C=O) groups excluding carboxylic acids is 2. The molecule has 0 aliphatic carbocycles. The Morgan fingerprint density at radius 3 is 2.33 bits per heavy atom. The van der Waals surface area contributed by atoms with Gasteiger partial charge in [0.05, 0.1) is 17.4 Å². The Hall–Kier alpha value is -2.97. The second-order valence-corrected chi connectivity index (χ2v) is 10.6. The van der Waals surface area contributed by atoms with E-state index in [9.17, 15) is 18.0 Å². The average molecular weight is 468 g/mol. The maximum atomic E-state index is 13.1. The molecular formula is C25H29N3O4S. The molecule has 8 heteroatoms. The van der Waals surface area contributed by atoms with E-state index in [1.54, 1.807) is 28.1 Å². The Morgan fingerprint density at radius 1 is 0.970 bits per heavy atom. The van der Waals surface area contributed by atoms with E-state index < -0.39 is 10.0 Å². The first-order chi connectivity index (χ1) is 15.7. The van der Waals surface area contributed by atoms with Crippen LogP contribution in [0.3, 0.4) is 0 Å². The fraction of sp³-hybridized carbons (Fsp3) is 0.360. The molecule has 33 heavy (non-hydrogen) atoms. The number of rotatable bonds is 4. The lowest BCUT2D eigenvalue weighted by molar-refractivity contribution is -0.135. The number of amides is 2. The molecule has 2 amide bonds. The van der Waals surface area contributed by atoms with Crippen LogP contribution in [0.5, 0.6) is 0 Å². The minimum absolute atomic E-state index is 0.0837. The van der Waals surface area contributed by atoms with Crippen molar-refractivity contribution < 1.29 is 18.0 Å². The minimum Gasteiger partial charge on any atom is -0.340 e. The second kappa shape index (κ2) is 9.11. The van der Waals surface area contributed by atoms with Gasteiger partial charge in [0.2, 0.25) is 21.8 Å². The van der Waals surface area contributed by atoms with Crippen LogP contribution in [-0.4, -0.2) is 60.5 Å². The van der Waals surface area contributed by atoms with E-state index in [2.05, 4.69) is 0 Å². The van der Waals surface area contributed by atoms with Gasteiger partial charge in [-0.05, 0) is 54.3 Å². The SMILES string of the molecule is CC(=O)N1C=Cc2ccccc2[C@H]1CC(=O)N1CCN(S(=O)(=O)c2ccc(C)c(C)c2)CC1. The van der Waals surface area contributed by atoms with Crippen LogP contribution in [-0.2, 0) is 19.6 Å². The Bertz CT molecular complexity index is 1210. The van der Waals surface area contributed by atoms with Crippen LogP contribution >= 0.6 is 0 Å². The number of fused-ring (bicyclic) bond motifs is 1. The summed E-state index contributed by atoms with van der Waals surface area (Å²) in [7, 11) is -3.60. The molecule has 0 spiro atoms. The predicted molar refractivity (Wildman–Crippen MR) is 127 cm³/mol. The summed E-state index contributed by atoms with van der Waals surface area (Å²) in [5, 5.41) is 0. The Balaban J connectivity index is 1.44. The van der Waals surface area contributed by atoms with Crippen molar-refractivity contribution in [2.45, 2.75) is 38.1 Å². The number of hydrogen-bond acceptors (Lipinski definition) is 4. The standard InChI is InChI=1S/C25H29N3O4S/c1-18-8-9-22(16-19(18)2)33(31,32)27-14-12-26(13-15-27)25(30)17-24-23-7-5-4-6-21(23)10-11-28(24)20(3)29/h4-11,16,24H,12-15,17H2,1-3H3/t24-/m1/s1. The van der Waals surface area contributed by atoms with E-state index in [1.165, 1.54) is 11.2 Å². The lowest BCUT2D eigenvalue weighted by Gasteiger charge is -2.37. The second-order valence-electron chi connectivity index (χ2n) is 8.62. The first kappa shape index (κ1) is 23.2. The van der Waals surface area contributed by atoms with Crippen molar-refractivity contribution in [3.63, 3.8) is 0 Å². The third kappa shape index (κ3) is 4.58. The maximum absolute atomic E-state index is 13.1. The van der Waals surface area contributed by atoms with E-state index in [0.29, 0.717) is 13.1 Å². The molecule has 1 atom stereocenters. The molecule has 0 saturated carbocycles. The summed E-state index contributed by atoms with van der Waals surface area (Å²) in [4.78, 5) is 28.9. The van der Waals surface area contributed by atoms with Gasteiger partial charge in [0.15, 0.2) is 0 Å². The zero-order chi connectivity index (χ0) is 23.8. The number of benzene rings is 2. The molecule has 2 aromatic rings. The lowest BCUT2D eigenvalue weighted by atomic mass is 9.93. The highest BCUT2D eigenvalue weighted by Gasteiger charge is 2.33. The van der Waals surface area contributed by atoms with Crippen molar-refractivity contribution in [3.8, 4) is 0 Å². The molecule has 1 fully saturated rings. The van der Waals surface area contributed by atoms with Crippen LogP contribution in [0.1, 0.15) is 41.6 Å². The molecule has 0 radical (unpaired) electrons. The fourth-order valence-electron chi connectivity index (χ4n) is 4.41. The molecule has 4 rings (SSSR count). The topological polar surface area (TPSA) is 78.0 Å². The van der Waals surface area contributed by atoms with Crippen LogP contribution in [0.2, 0.25) is 0 Å². The first-order valence-electron chi connectivity index (χ1n) is 11.1. The first-order valence-corrected chi connectivity index (χ1v) is 12.5. The number of sulfonamides is 1. The van der Waals surface area contributed by atoms with Crippen LogP contribution < -0.4 is 0 Å². The summed E-state index contributed by atoms with van der Waals surface area (Å²) in [6.45, 7) is 6.49. The molecule has 0 bridgehead atoms. The third-order valence-electron chi connectivity index (χ3n) is 6.54. The third-order valence-corrected chi connectivity index (χ3v) is 8.44. The molecule has 2 aliphatic rings. The summed E-state index contributed by atoms with van der Waals surface area (Å²) in [6, 6.07) is 12.5. The van der Waals surface area contributed by atoms with Crippen molar-refractivity contribution >= 4 is 27.9 Å². The van der Waals surface area contributed by atoms with Crippen molar-refractivity contribution in [1.29, 1.82) is 0 Å². The largest absolute Gasteiger partial charge is 0.340 e. The molecule has 174 valence electrons. The van der Waals surface area contributed by atoms with Crippen LogP contribution in [0, 0.1) is 13.8 Å². The van der Waals surface area contributed by atoms with Gasteiger partial charge in [-0.2, -0.15) is 4.31 Å². The van der Waals surface area contributed by atoms with E-state index in [4.69, 9.17) is 0 Å². The molecular weight excluding hydrogens is 438 g/mol. The Morgan fingerprint density at radius 2 is 1.67 bits per heavy atom. The fourth-order valence-corrected chi connectivity index (χ4v) is 5.92. The van der Waals surface area contributed by atoms with Crippen molar-refractivity contribution in [2.24, 2.45) is 0 Å². The maximum Gasteiger partial charge on any atom is 0.243 e. The van der Waals surface area contributed by atoms with Gasteiger partial charge < -0.3 is 9.80 Å². The highest BCUT2D eigenvalue weighted by Crippen LogP contribution is 2.33. The Kier molecular flexibility index (Phi) is 6.41. The van der Waals surface area contributed by atoms with E-state index >= 15 is 0 Å². The molecule has 7 nitrogen and oxygen atoms in total. The van der Waals surface area contributed by atoms with Gasteiger partial charge in [-0.3, -0.25) is 9.59 Å². The molecule has 0 unspecified atom stereocenters. The van der Waals surface area contributed by atoms with Crippen molar-refractivity contribution in [2.75, 3.05) is 26.2 Å².